The van der Waals surface area contributed by atoms with Gasteiger partial charge in [-0.25, -0.2) is 0 Å². The Labute approximate surface area is 298 Å². The molecule has 0 saturated carbocycles. The molecule has 0 aromatic heterocycles. The summed E-state index contributed by atoms with van der Waals surface area (Å²) in [6, 6.07) is 0.921. The molecule has 0 aromatic carbocycles. The lowest BCUT2D eigenvalue weighted by molar-refractivity contribution is 0.0551. The molecule has 0 spiro atoms. The van der Waals surface area contributed by atoms with Crippen LogP contribution in [0.3, 0.4) is 0 Å². The van der Waals surface area contributed by atoms with Gasteiger partial charge in [-0.15, -0.1) is 0 Å². The zero-order valence-corrected chi connectivity index (χ0v) is 33.9. The van der Waals surface area contributed by atoms with Crippen LogP contribution in [0.4, 0.5) is 0 Å². The van der Waals surface area contributed by atoms with Gasteiger partial charge in [0.2, 0.25) is 0 Å². The second-order valence-corrected chi connectivity index (χ2v) is 17.5. The van der Waals surface area contributed by atoms with Crippen molar-refractivity contribution in [2.45, 2.75) is 239 Å². The fourth-order valence-electron chi connectivity index (χ4n) is 6.44. The van der Waals surface area contributed by atoms with E-state index in [-0.39, 0.29) is 0 Å². The van der Waals surface area contributed by atoms with Crippen LogP contribution in [0.1, 0.15) is 233 Å². The third-order valence-electron chi connectivity index (χ3n) is 9.60. The van der Waals surface area contributed by atoms with Crippen LogP contribution in [-0.2, 0) is 13.3 Å². The zero-order chi connectivity index (χ0) is 33.5. The van der Waals surface area contributed by atoms with Crippen molar-refractivity contribution < 1.29 is 13.3 Å². The molecule has 0 atom stereocenters. The number of rotatable bonds is 41. The van der Waals surface area contributed by atoms with Crippen LogP contribution in [0.25, 0.3) is 0 Å². The summed E-state index contributed by atoms with van der Waals surface area (Å²) in [5, 5.41) is 0. The average molecular weight is 687 g/mol. The first-order valence-corrected chi connectivity index (χ1v) is 23.8. The molecule has 278 valence electrons. The molecule has 0 aliphatic carbocycles. The molecule has 0 radical (unpaired) electrons. The maximum absolute atomic E-state index is 6.67. The van der Waals surface area contributed by atoms with E-state index >= 15 is 0 Å². The number of thiol groups is 1. The van der Waals surface area contributed by atoms with E-state index in [0.29, 0.717) is 0 Å². The summed E-state index contributed by atoms with van der Waals surface area (Å²) >= 11 is 4.55. The monoisotopic (exact) mass is 687 g/mol. The van der Waals surface area contributed by atoms with Crippen LogP contribution in [0.2, 0.25) is 6.04 Å². The van der Waals surface area contributed by atoms with Crippen LogP contribution in [-0.4, -0.2) is 34.4 Å². The second kappa shape index (κ2) is 39.9. The van der Waals surface area contributed by atoms with E-state index in [1.54, 1.807) is 0 Å². The summed E-state index contributed by atoms with van der Waals surface area (Å²) < 4.78 is 20.0. The van der Waals surface area contributed by atoms with Gasteiger partial charge in [0, 0.05) is 25.9 Å². The molecule has 0 aliphatic rings. The molecule has 0 aromatic rings. The van der Waals surface area contributed by atoms with Crippen molar-refractivity contribution in [3.63, 3.8) is 0 Å². The SMILES string of the molecule is CCCCCCCCCCCCCCO[Si](CCCS)(OCCCCCCCCCCCC)OCCCCCCCCCCCC. The Bertz CT molecular complexity index is 524. The van der Waals surface area contributed by atoms with Gasteiger partial charge >= 0.3 is 8.80 Å². The second-order valence-electron chi connectivity index (χ2n) is 14.3. The zero-order valence-electron chi connectivity index (χ0n) is 32.0. The van der Waals surface area contributed by atoms with Gasteiger partial charge in [0.05, 0.1) is 0 Å². The standard InChI is InChI=1S/C41H86O3SSi/c1-4-7-10-13-16-19-22-23-26-29-32-35-39-44-46(41-36-40-45,42-37-33-30-27-24-20-17-14-11-8-5-2)43-38-34-31-28-25-21-18-15-12-9-6-3/h45H,4-41H2,1-3H3. The van der Waals surface area contributed by atoms with E-state index in [2.05, 4.69) is 33.4 Å². The molecule has 3 nitrogen and oxygen atoms in total. The normalized spacial score (nSPS) is 12.0. The van der Waals surface area contributed by atoms with Gasteiger partial charge in [0.15, 0.2) is 0 Å². The summed E-state index contributed by atoms with van der Waals surface area (Å²) in [4.78, 5) is 0. The van der Waals surface area contributed by atoms with Gasteiger partial charge in [-0.05, 0) is 31.4 Å². The minimum atomic E-state index is -2.65. The molecule has 46 heavy (non-hydrogen) atoms. The molecule has 0 saturated heterocycles. The molecule has 0 amide bonds. The number of hydrogen-bond acceptors (Lipinski definition) is 4. The highest BCUT2D eigenvalue weighted by atomic mass is 32.1. The van der Waals surface area contributed by atoms with Crippen molar-refractivity contribution >= 4 is 21.4 Å². The quantitative estimate of drug-likeness (QED) is 0.0394. The first-order chi connectivity index (χ1) is 22.7. The van der Waals surface area contributed by atoms with E-state index in [1.165, 1.54) is 186 Å². The summed E-state index contributed by atoms with van der Waals surface area (Å²) in [5.41, 5.74) is 0. The smallest absolute Gasteiger partial charge is 0.373 e. The van der Waals surface area contributed by atoms with Crippen molar-refractivity contribution in [3.8, 4) is 0 Å². The first kappa shape index (κ1) is 46.4. The maximum Gasteiger partial charge on any atom is 0.500 e. The van der Waals surface area contributed by atoms with Crippen molar-refractivity contribution in [1.29, 1.82) is 0 Å². The lowest BCUT2D eigenvalue weighted by Gasteiger charge is -2.30. The van der Waals surface area contributed by atoms with Crippen LogP contribution in [0.15, 0.2) is 0 Å². The first-order valence-electron chi connectivity index (χ1n) is 21.3. The van der Waals surface area contributed by atoms with Crippen molar-refractivity contribution in [1.82, 2.24) is 0 Å². The Morgan fingerprint density at radius 2 is 0.522 bits per heavy atom. The molecule has 0 aliphatic heterocycles. The van der Waals surface area contributed by atoms with Crippen molar-refractivity contribution in [2.24, 2.45) is 0 Å². The van der Waals surface area contributed by atoms with E-state index in [1.807, 2.05) is 0 Å². The molecule has 0 rings (SSSR count). The number of hydrogen-bond donors (Lipinski definition) is 1. The Kier molecular flexibility index (Phi) is 40.3. The molecular weight excluding hydrogens is 601 g/mol. The van der Waals surface area contributed by atoms with Crippen LogP contribution in [0, 0.1) is 0 Å². The summed E-state index contributed by atoms with van der Waals surface area (Å²) in [5.74, 6) is 0.875. The highest BCUT2D eigenvalue weighted by molar-refractivity contribution is 7.80. The van der Waals surface area contributed by atoms with Gasteiger partial charge in [-0.1, -0.05) is 207 Å². The van der Waals surface area contributed by atoms with E-state index in [4.69, 9.17) is 13.3 Å². The predicted octanol–water partition coefficient (Wildman–Crippen LogP) is 14.8. The highest BCUT2D eigenvalue weighted by Gasteiger charge is 2.40. The molecule has 5 heteroatoms. The van der Waals surface area contributed by atoms with Gasteiger partial charge in [0.25, 0.3) is 0 Å². The van der Waals surface area contributed by atoms with Crippen LogP contribution >= 0.6 is 12.6 Å². The third kappa shape index (κ3) is 34.3. The third-order valence-corrected chi connectivity index (χ3v) is 12.8. The lowest BCUT2D eigenvalue weighted by Crippen LogP contribution is -2.46. The topological polar surface area (TPSA) is 27.7 Å². The molecule has 0 N–H and O–H groups in total. The minimum absolute atomic E-state index is 0.797. The Morgan fingerprint density at radius 3 is 0.739 bits per heavy atom. The number of unbranched alkanes of at least 4 members (excludes halogenated alkanes) is 29. The van der Waals surface area contributed by atoms with Crippen molar-refractivity contribution in [2.75, 3.05) is 25.6 Å². The Morgan fingerprint density at radius 1 is 0.304 bits per heavy atom. The van der Waals surface area contributed by atoms with Crippen molar-refractivity contribution in [3.05, 3.63) is 0 Å². The van der Waals surface area contributed by atoms with Crippen LogP contribution < -0.4 is 0 Å². The fraction of sp³-hybridized carbons (Fsp3) is 1.00. The summed E-state index contributed by atoms with van der Waals surface area (Å²) in [7, 11) is -2.65. The van der Waals surface area contributed by atoms with E-state index in [0.717, 1.165) is 57.3 Å². The maximum atomic E-state index is 6.67. The minimum Gasteiger partial charge on any atom is -0.373 e. The van der Waals surface area contributed by atoms with Crippen LogP contribution in [0.5, 0.6) is 0 Å². The molecular formula is C41H86O3SSi. The lowest BCUT2D eigenvalue weighted by atomic mass is 10.1. The van der Waals surface area contributed by atoms with Gasteiger partial charge in [0.1, 0.15) is 0 Å². The fourth-order valence-corrected chi connectivity index (χ4v) is 9.56. The summed E-state index contributed by atoms with van der Waals surface area (Å²) in [6.07, 6.45) is 44.4. The largest absolute Gasteiger partial charge is 0.500 e. The highest BCUT2D eigenvalue weighted by Crippen LogP contribution is 2.22. The van der Waals surface area contributed by atoms with Gasteiger partial charge in [-0.2, -0.15) is 12.6 Å². The summed E-state index contributed by atoms with van der Waals surface area (Å²) in [6.45, 7) is 9.29. The Hall–Kier alpha value is 0.447. The molecule has 0 fully saturated rings. The van der Waals surface area contributed by atoms with Gasteiger partial charge < -0.3 is 13.3 Å². The molecule has 0 bridgehead atoms. The van der Waals surface area contributed by atoms with E-state index in [9.17, 15) is 0 Å². The molecule has 0 unspecified atom stereocenters. The average Bonchev–Trinajstić information content (AvgIpc) is 3.07. The van der Waals surface area contributed by atoms with Gasteiger partial charge in [-0.3, -0.25) is 0 Å². The predicted molar refractivity (Wildman–Crippen MR) is 212 cm³/mol. The van der Waals surface area contributed by atoms with E-state index < -0.39 is 8.80 Å². The Balaban J connectivity index is 4.44. The molecule has 0 heterocycles.